The highest BCUT2D eigenvalue weighted by Crippen LogP contribution is 2.37. The van der Waals surface area contributed by atoms with Crippen molar-refractivity contribution in [3.63, 3.8) is 0 Å². The molecular weight excluding hydrogens is 331 g/mol. The Morgan fingerprint density at radius 3 is 2.46 bits per heavy atom. The number of ether oxygens (including phenoxy) is 1. The maximum absolute atomic E-state index is 13.3. The lowest BCUT2D eigenvalue weighted by molar-refractivity contribution is 0.0938. The van der Waals surface area contributed by atoms with Crippen LogP contribution in [-0.4, -0.2) is 17.5 Å². The summed E-state index contributed by atoms with van der Waals surface area (Å²) in [6, 6.07) is 3.16. The molecule has 1 aromatic rings. The van der Waals surface area contributed by atoms with Gasteiger partial charge in [-0.25, -0.2) is 4.39 Å². The normalized spacial score (nSPS) is 20.1. The van der Waals surface area contributed by atoms with Crippen molar-refractivity contribution in [3.8, 4) is 11.5 Å². The molecule has 0 saturated heterocycles. The van der Waals surface area contributed by atoms with Crippen LogP contribution in [0, 0.1) is 11.8 Å². The molecule has 1 fully saturated rings. The number of carbonyl (C=O) groups is 1. The number of carbonyl (C=O) groups excluding carboxylic acids is 1. The molecule has 146 valence electrons. The van der Waals surface area contributed by atoms with Crippen LogP contribution in [0.3, 0.4) is 0 Å². The van der Waals surface area contributed by atoms with Gasteiger partial charge in [-0.1, -0.05) is 45.4 Å². The number of hydrogen-bond acceptors (Lipinski definition) is 3. The third-order valence-corrected chi connectivity index (χ3v) is 5.63. The van der Waals surface area contributed by atoms with Crippen molar-refractivity contribution in [1.29, 1.82) is 0 Å². The predicted molar refractivity (Wildman–Crippen MR) is 103 cm³/mol. The number of phenols is 1. The summed E-state index contributed by atoms with van der Waals surface area (Å²) in [4.78, 5) is 12.6. The minimum atomic E-state index is -0.842. The van der Waals surface area contributed by atoms with E-state index in [1.165, 1.54) is 38.5 Å². The number of aromatic hydroxyl groups is 1. The smallest absolute Gasteiger partial charge is 0.166 e. The van der Waals surface area contributed by atoms with Crippen molar-refractivity contribution in [2.75, 3.05) is 6.61 Å². The second kappa shape index (κ2) is 10.5. The summed E-state index contributed by atoms with van der Waals surface area (Å²) >= 11 is 0. The Morgan fingerprint density at radius 1 is 1.15 bits per heavy atom. The second-order valence-corrected chi connectivity index (χ2v) is 7.51. The van der Waals surface area contributed by atoms with Crippen molar-refractivity contribution < 1.29 is 19.0 Å². The Labute approximate surface area is 156 Å². The lowest BCUT2D eigenvalue weighted by atomic mass is 9.77. The van der Waals surface area contributed by atoms with E-state index >= 15 is 0 Å². The SMILES string of the molecule is CCCCCC1CCC(CC(=O)c2ccc(OCC)c(CF)c2O)CC1. The zero-order valence-electron chi connectivity index (χ0n) is 16.2. The quantitative estimate of drug-likeness (QED) is 0.396. The van der Waals surface area contributed by atoms with Gasteiger partial charge in [-0.15, -0.1) is 0 Å². The molecule has 1 aliphatic rings. The summed E-state index contributed by atoms with van der Waals surface area (Å²) < 4.78 is 18.6. The summed E-state index contributed by atoms with van der Waals surface area (Å²) in [6.07, 6.45) is 10.2. The predicted octanol–water partition coefficient (Wildman–Crippen LogP) is 6.22. The summed E-state index contributed by atoms with van der Waals surface area (Å²) in [6.45, 7) is 3.58. The fourth-order valence-corrected chi connectivity index (χ4v) is 4.04. The van der Waals surface area contributed by atoms with Crippen LogP contribution in [0.2, 0.25) is 0 Å². The zero-order chi connectivity index (χ0) is 18.9. The van der Waals surface area contributed by atoms with Crippen LogP contribution in [0.15, 0.2) is 12.1 Å². The van der Waals surface area contributed by atoms with Crippen molar-refractivity contribution in [3.05, 3.63) is 23.3 Å². The van der Waals surface area contributed by atoms with Crippen molar-refractivity contribution in [1.82, 2.24) is 0 Å². The Hall–Kier alpha value is -1.58. The number of ketones is 1. The zero-order valence-corrected chi connectivity index (χ0v) is 16.2. The second-order valence-electron chi connectivity index (χ2n) is 7.51. The van der Waals surface area contributed by atoms with Crippen LogP contribution in [0.1, 0.15) is 87.6 Å². The van der Waals surface area contributed by atoms with E-state index < -0.39 is 6.67 Å². The third-order valence-electron chi connectivity index (χ3n) is 5.63. The molecule has 3 nitrogen and oxygen atoms in total. The maximum Gasteiger partial charge on any atom is 0.166 e. The number of benzene rings is 1. The molecule has 0 aliphatic heterocycles. The first kappa shape index (κ1) is 20.7. The number of phenolic OH excluding ortho intramolecular Hbond substituents is 1. The Bertz CT molecular complexity index is 577. The first-order valence-electron chi connectivity index (χ1n) is 10.2. The fourth-order valence-electron chi connectivity index (χ4n) is 4.04. The van der Waals surface area contributed by atoms with Gasteiger partial charge in [-0.3, -0.25) is 4.79 Å². The highest BCUT2D eigenvalue weighted by molar-refractivity contribution is 5.99. The minimum absolute atomic E-state index is 0.0809. The molecule has 1 aliphatic carbocycles. The van der Waals surface area contributed by atoms with E-state index in [4.69, 9.17) is 4.74 Å². The van der Waals surface area contributed by atoms with Gasteiger partial charge in [0.15, 0.2) is 5.78 Å². The minimum Gasteiger partial charge on any atom is -0.507 e. The number of alkyl halides is 1. The lowest BCUT2D eigenvalue weighted by Gasteiger charge is -2.28. The molecule has 0 heterocycles. The van der Waals surface area contributed by atoms with Gasteiger partial charge in [0.1, 0.15) is 18.2 Å². The van der Waals surface area contributed by atoms with E-state index in [9.17, 15) is 14.3 Å². The number of Topliss-reactive ketones (excluding diaryl/α,β-unsaturated/α-hetero) is 1. The fraction of sp³-hybridized carbons (Fsp3) is 0.682. The van der Waals surface area contributed by atoms with Gasteiger partial charge in [0.05, 0.1) is 17.7 Å². The van der Waals surface area contributed by atoms with Gasteiger partial charge in [0.25, 0.3) is 0 Å². The van der Waals surface area contributed by atoms with Crippen molar-refractivity contribution in [2.45, 2.75) is 78.3 Å². The van der Waals surface area contributed by atoms with Crippen molar-refractivity contribution >= 4 is 5.78 Å². The molecule has 0 aromatic heterocycles. The van der Waals surface area contributed by atoms with Gasteiger partial charge < -0.3 is 9.84 Å². The molecule has 4 heteroatoms. The number of hydrogen-bond donors (Lipinski definition) is 1. The van der Waals surface area contributed by atoms with Gasteiger partial charge in [-0.05, 0) is 43.7 Å². The van der Waals surface area contributed by atoms with Crippen molar-refractivity contribution in [2.24, 2.45) is 11.8 Å². The van der Waals surface area contributed by atoms with E-state index in [2.05, 4.69) is 6.92 Å². The molecule has 0 atom stereocenters. The molecule has 1 N–H and O–H groups in total. The Kier molecular flexibility index (Phi) is 8.40. The molecule has 0 amide bonds. The van der Waals surface area contributed by atoms with E-state index in [-0.39, 0.29) is 22.7 Å². The van der Waals surface area contributed by atoms with Crippen LogP contribution in [0.25, 0.3) is 0 Å². The Balaban J connectivity index is 1.92. The van der Waals surface area contributed by atoms with Crippen LogP contribution in [0.4, 0.5) is 4.39 Å². The first-order chi connectivity index (χ1) is 12.6. The molecule has 2 rings (SSSR count). The van der Waals surface area contributed by atoms with Gasteiger partial charge in [-0.2, -0.15) is 0 Å². The highest BCUT2D eigenvalue weighted by atomic mass is 19.1. The number of unbranched alkanes of at least 4 members (excludes halogenated alkanes) is 2. The van der Waals surface area contributed by atoms with Crippen LogP contribution < -0.4 is 4.74 Å². The van der Waals surface area contributed by atoms with Crippen LogP contribution >= 0.6 is 0 Å². The molecule has 0 spiro atoms. The summed E-state index contributed by atoms with van der Waals surface area (Å²) in [5.74, 6) is 1.16. The molecular formula is C22H33FO3. The topological polar surface area (TPSA) is 46.5 Å². The van der Waals surface area contributed by atoms with Gasteiger partial charge >= 0.3 is 0 Å². The van der Waals surface area contributed by atoms with E-state index in [0.29, 0.717) is 24.7 Å². The molecule has 26 heavy (non-hydrogen) atoms. The number of halogens is 1. The van der Waals surface area contributed by atoms with E-state index in [1.54, 1.807) is 19.1 Å². The van der Waals surface area contributed by atoms with E-state index in [1.807, 2.05) is 0 Å². The number of rotatable bonds is 10. The van der Waals surface area contributed by atoms with E-state index in [0.717, 1.165) is 18.8 Å². The average Bonchev–Trinajstić information content (AvgIpc) is 2.64. The highest BCUT2D eigenvalue weighted by Gasteiger charge is 2.25. The first-order valence-corrected chi connectivity index (χ1v) is 10.2. The summed E-state index contributed by atoms with van der Waals surface area (Å²) in [5, 5.41) is 10.3. The van der Waals surface area contributed by atoms with Crippen LogP contribution in [-0.2, 0) is 6.67 Å². The third kappa shape index (κ3) is 5.46. The average molecular weight is 365 g/mol. The van der Waals surface area contributed by atoms with Gasteiger partial charge in [0.2, 0.25) is 0 Å². The maximum atomic E-state index is 13.3. The Morgan fingerprint density at radius 2 is 1.85 bits per heavy atom. The molecule has 0 bridgehead atoms. The largest absolute Gasteiger partial charge is 0.507 e. The summed E-state index contributed by atoms with van der Waals surface area (Å²) in [5.41, 5.74) is 0.309. The molecule has 0 radical (unpaired) electrons. The molecule has 1 saturated carbocycles. The lowest BCUT2D eigenvalue weighted by Crippen LogP contribution is -2.18. The molecule has 0 unspecified atom stereocenters. The molecule has 1 aromatic carbocycles. The monoisotopic (exact) mass is 364 g/mol. The summed E-state index contributed by atoms with van der Waals surface area (Å²) in [7, 11) is 0. The standard InChI is InChI=1S/C22H33FO3/c1-3-5-6-7-16-8-10-17(11-9-16)14-20(24)18-12-13-21(26-4-2)19(15-23)22(18)25/h12-13,16-17,25H,3-11,14-15H2,1-2H3. The van der Waals surface area contributed by atoms with Gasteiger partial charge in [0, 0.05) is 6.42 Å². The van der Waals surface area contributed by atoms with Crippen LogP contribution in [0.5, 0.6) is 11.5 Å².